The molecule has 0 spiro atoms. The van der Waals surface area contributed by atoms with Gasteiger partial charge in [-0.25, -0.2) is 5.06 Å². The summed E-state index contributed by atoms with van der Waals surface area (Å²) in [7, 11) is 1.67. The molecule has 0 atom stereocenters. The maximum atomic E-state index is 11.8. The van der Waals surface area contributed by atoms with Gasteiger partial charge in [0.15, 0.2) is 0 Å². The first kappa shape index (κ1) is 13.2. The van der Waals surface area contributed by atoms with E-state index in [-0.39, 0.29) is 12.0 Å². The molecule has 0 radical (unpaired) electrons. The Bertz CT molecular complexity index is 257. The summed E-state index contributed by atoms with van der Waals surface area (Å²) < 4.78 is 5.23. The van der Waals surface area contributed by atoms with Crippen molar-refractivity contribution in [2.75, 3.05) is 20.3 Å². The summed E-state index contributed by atoms with van der Waals surface area (Å²) in [5.41, 5.74) is 0.733. The highest BCUT2D eigenvalue weighted by Gasteiger charge is 2.19. The van der Waals surface area contributed by atoms with Crippen molar-refractivity contribution in [2.45, 2.75) is 39.2 Å². The smallest absolute Gasteiger partial charge is 0.272 e. The zero-order valence-electron chi connectivity index (χ0n) is 10.4. The Morgan fingerprint density at radius 1 is 1.50 bits per heavy atom. The molecule has 0 aromatic carbocycles. The van der Waals surface area contributed by atoms with Crippen molar-refractivity contribution in [3.05, 3.63) is 11.6 Å². The van der Waals surface area contributed by atoms with E-state index in [2.05, 4.69) is 0 Å². The predicted octanol–water partition coefficient (Wildman–Crippen LogP) is 1.91. The lowest BCUT2D eigenvalue weighted by Crippen LogP contribution is -2.35. The molecule has 1 amide bonds. The molecule has 0 aromatic heterocycles. The van der Waals surface area contributed by atoms with Gasteiger partial charge in [-0.3, -0.25) is 9.63 Å². The molecule has 1 heterocycles. The van der Waals surface area contributed by atoms with Crippen molar-refractivity contribution in [3.63, 3.8) is 0 Å². The van der Waals surface area contributed by atoms with Crippen LogP contribution in [0.3, 0.4) is 0 Å². The van der Waals surface area contributed by atoms with Crippen LogP contribution in [-0.2, 0) is 14.4 Å². The van der Waals surface area contributed by atoms with Crippen LogP contribution < -0.4 is 0 Å². The van der Waals surface area contributed by atoms with E-state index in [1.165, 1.54) is 5.06 Å². The number of hydrogen-bond acceptors (Lipinski definition) is 3. The Kier molecular flexibility index (Phi) is 5.49. The maximum absolute atomic E-state index is 11.8. The molecule has 1 fully saturated rings. The molecule has 0 unspecified atom stereocenters. The fraction of sp³-hybridized carbons (Fsp3) is 0.750. The Labute approximate surface area is 97.2 Å². The summed E-state index contributed by atoms with van der Waals surface area (Å²) in [5, 5.41) is 1.34. The number of carbonyl (C=O) groups is 1. The molecule has 0 aliphatic carbocycles. The molecule has 0 N–H and O–H groups in total. The average molecular weight is 227 g/mol. The summed E-state index contributed by atoms with van der Waals surface area (Å²) in [6.45, 7) is 5.26. The van der Waals surface area contributed by atoms with Crippen LogP contribution in [-0.4, -0.2) is 37.3 Å². The second-order valence-electron chi connectivity index (χ2n) is 4.02. The van der Waals surface area contributed by atoms with Gasteiger partial charge >= 0.3 is 0 Å². The van der Waals surface area contributed by atoms with Gasteiger partial charge in [0.1, 0.15) is 0 Å². The lowest BCUT2D eigenvalue weighted by atomic mass is 10.2. The first-order valence-corrected chi connectivity index (χ1v) is 5.84. The third-order valence-electron chi connectivity index (χ3n) is 2.61. The lowest BCUT2D eigenvalue weighted by Gasteiger charge is -2.27. The minimum atomic E-state index is -0.0617. The van der Waals surface area contributed by atoms with E-state index in [9.17, 15) is 4.79 Å². The van der Waals surface area contributed by atoms with E-state index in [0.717, 1.165) is 38.0 Å². The predicted molar refractivity (Wildman–Crippen MR) is 61.7 cm³/mol. The van der Waals surface area contributed by atoms with Crippen molar-refractivity contribution < 1.29 is 14.4 Å². The first-order chi connectivity index (χ1) is 7.65. The summed E-state index contributed by atoms with van der Waals surface area (Å²) in [6.07, 6.45) is 4.59. The number of amides is 1. The van der Waals surface area contributed by atoms with Crippen LogP contribution in [0.15, 0.2) is 11.6 Å². The molecule has 4 heteroatoms. The molecule has 92 valence electrons. The second kappa shape index (κ2) is 6.66. The van der Waals surface area contributed by atoms with Crippen LogP contribution >= 0.6 is 0 Å². The molecule has 1 aliphatic heterocycles. The van der Waals surface area contributed by atoms with Gasteiger partial charge in [0, 0.05) is 25.8 Å². The molecule has 4 nitrogen and oxygen atoms in total. The highest BCUT2D eigenvalue weighted by Crippen LogP contribution is 2.13. The zero-order valence-corrected chi connectivity index (χ0v) is 10.4. The molecular formula is C12H21NO3. The van der Waals surface area contributed by atoms with Gasteiger partial charge in [-0.05, 0) is 26.2 Å². The number of rotatable bonds is 4. The van der Waals surface area contributed by atoms with E-state index in [0.29, 0.717) is 0 Å². The van der Waals surface area contributed by atoms with Crippen LogP contribution in [0, 0.1) is 0 Å². The van der Waals surface area contributed by atoms with E-state index >= 15 is 0 Å². The minimum Gasteiger partial charge on any atom is -0.381 e. The molecule has 1 rings (SSSR count). The highest BCUT2D eigenvalue weighted by atomic mass is 16.7. The number of hydroxylamine groups is 2. The number of nitrogens with zero attached hydrogens (tertiary/aromatic N) is 1. The van der Waals surface area contributed by atoms with E-state index in [4.69, 9.17) is 9.57 Å². The van der Waals surface area contributed by atoms with Crippen molar-refractivity contribution >= 4 is 5.91 Å². The average Bonchev–Trinajstić information content (AvgIpc) is 2.29. The van der Waals surface area contributed by atoms with E-state index in [1.807, 2.05) is 19.9 Å². The monoisotopic (exact) mass is 227 g/mol. The minimum absolute atomic E-state index is 0.0617. The highest BCUT2D eigenvalue weighted by molar-refractivity contribution is 5.91. The first-order valence-electron chi connectivity index (χ1n) is 5.84. The normalized spacial score (nSPS) is 18.6. The largest absolute Gasteiger partial charge is 0.381 e. The van der Waals surface area contributed by atoms with Crippen LogP contribution in [0.1, 0.15) is 33.1 Å². The Balaban J connectivity index is 2.41. The van der Waals surface area contributed by atoms with Crippen molar-refractivity contribution in [1.82, 2.24) is 5.06 Å². The summed E-state index contributed by atoms with van der Waals surface area (Å²) in [6, 6.07) is 0. The van der Waals surface area contributed by atoms with Gasteiger partial charge in [-0.2, -0.15) is 0 Å². The van der Waals surface area contributed by atoms with Gasteiger partial charge in [0.2, 0.25) is 0 Å². The molecule has 1 aliphatic rings. The van der Waals surface area contributed by atoms with Crippen molar-refractivity contribution in [3.8, 4) is 0 Å². The van der Waals surface area contributed by atoms with Crippen LogP contribution in [0.4, 0.5) is 0 Å². The van der Waals surface area contributed by atoms with Crippen LogP contribution in [0.5, 0.6) is 0 Å². The van der Waals surface area contributed by atoms with Crippen molar-refractivity contribution in [1.29, 1.82) is 0 Å². The number of hydrogen-bond donors (Lipinski definition) is 0. The third kappa shape index (κ3) is 3.94. The number of carbonyl (C=O) groups excluding carboxylic acids is 1. The molecule has 16 heavy (non-hydrogen) atoms. The number of likely N-dealkylation sites (N-methyl/N-ethyl adjacent to an activating group) is 1. The fourth-order valence-corrected chi connectivity index (χ4v) is 1.69. The zero-order chi connectivity index (χ0) is 12.0. The van der Waals surface area contributed by atoms with Gasteiger partial charge < -0.3 is 4.74 Å². The summed E-state index contributed by atoms with van der Waals surface area (Å²) in [4.78, 5) is 17.4. The standard InChI is InChI=1S/C12H21NO3/c1-4-5-10(2)12(14)13(3)16-11-6-8-15-9-7-11/h5,11H,4,6-9H2,1-3H3/b10-5-. The SMILES string of the molecule is CC/C=C(/C)C(=O)N(C)OC1CCOCC1. The Morgan fingerprint density at radius 2 is 2.12 bits per heavy atom. The lowest BCUT2D eigenvalue weighted by molar-refractivity contribution is -0.203. The number of allylic oxidation sites excluding steroid dienone is 1. The Morgan fingerprint density at radius 3 is 2.69 bits per heavy atom. The second-order valence-corrected chi connectivity index (χ2v) is 4.02. The molecule has 0 aromatic rings. The quantitative estimate of drug-likeness (QED) is 0.544. The fourth-order valence-electron chi connectivity index (χ4n) is 1.69. The van der Waals surface area contributed by atoms with Crippen molar-refractivity contribution in [2.24, 2.45) is 0 Å². The third-order valence-corrected chi connectivity index (χ3v) is 2.61. The molecule has 0 saturated carbocycles. The van der Waals surface area contributed by atoms with Crippen LogP contribution in [0.2, 0.25) is 0 Å². The molecule has 0 bridgehead atoms. The van der Waals surface area contributed by atoms with Gasteiger partial charge in [-0.15, -0.1) is 0 Å². The topological polar surface area (TPSA) is 38.8 Å². The van der Waals surface area contributed by atoms with Gasteiger partial charge in [0.05, 0.1) is 6.10 Å². The number of ether oxygens (including phenoxy) is 1. The summed E-state index contributed by atoms with van der Waals surface area (Å²) in [5.74, 6) is -0.0617. The molecule has 1 saturated heterocycles. The van der Waals surface area contributed by atoms with Gasteiger partial charge in [-0.1, -0.05) is 13.0 Å². The van der Waals surface area contributed by atoms with Crippen LogP contribution in [0.25, 0.3) is 0 Å². The maximum Gasteiger partial charge on any atom is 0.272 e. The summed E-state index contributed by atoms with van der Waals surface area (Å²) >= 11 is 0. The Hall–Kier alpha value is -0.870. The molecular weight excluding hydrogens is 206 g/mol. The van der Waals surface area contributed by atoms with E-state index in [1.54, 1.807) is 7.05 Å². The van der Waals surface area contributed by atoms with E-state index < -0.39 is 0 Å². The van der Waals surface area contributed by atoms with Gasteiger partial charge in [0.25, 0.3) is 5.91 Å².